The molecular formula is C24H23NO5. The van der Waals surface area contributed by atoms with E-state index in [9.17, 15) is 4.79 Å². The highest BCUT2D eigenvalue weighted by Crippen LogP contribution is 2.45. The summed E-state index contributed by atoms with van der Waals surface area (Å²) in [6.45, 7) is 0.200. The van der Waals surface area contributed by atoms with Gasteiger partial charge in [-0.3, -0.25) is 0 Å². The molecule has 6 heteroatoms. The van der Waals surface area contributed by atoms with E-state index < -0.39 is 0 Å². The zero-order chi connectivity index (χ0) is 20.8. The van der Waals surface area contributed by atoms with E-state index in [1.54, 1.807) is 21.3 Å². The van der Waals surface area contributed by atoms with E-state index in [4.69, 9.17) is 23.9 Å². The second kappa shape index (κ2) is 7.20. The normalized spacial score (nSPS) is 14.8. The van der Waals surface area contributed by atoms with Gasteiger partial charge in [-0.2, -0.15) is 0 Å². The summed E-state index contributed by atoms with van der Waals surface area (Å²) in [5.74, 6) is 1.24. The molecule has 2 aromatic carbocycles. The number of carbonyl (C=O) groups excluding carboxylic acids is 1. The molecule has 2 aliphatic rings. The van der Waals surface area contributed by atoms with Crippen molar-refractivity contribution in [2.75, 3.05) is 21.3 Å². The van der Waals surface area contributed by atoms with Gasteiger partial charge < -0.3 is 18.9 Å². The zero-order valence-electron chi connectivity index (χ0n) is 17.3. The van der Waals surface area contributed by atoms with Gasteiger partial charge in [-0.15, -0.1) is 0 Å². The lowest BCUT2D eigenvalue weighted by Crippen LogP contribution is -2.07. The van der Waals surface area contributed by atoms with Crippen molar-refractivity contribution in [3.8, 4) is 28.4 Å². The van der Waals surface area contributed by atoms with Crippen LogP contribution >= 0.6 is 0 Å². The van der Waals surface area contributed by atoms with Gasteiger partial charge in [-0.25, -0.2) is 9.78 Å². The van der Waals surface area contributed by atoms with Gasteiger partial charge in [-0.05, 0) is 54.5 Å². The molecule has 0 unspecified atom stereocenters. The lowest BCUT2D eigenvalue weighted by molar-refractivity contribution is 0.0534. The quantitative estimate of drug-likeness (QED) is 0.597. The monoisotopic (exact) mass is 405 g/mol. The number of hydrogen-bond donors (Lipinski definition) is 0. The van der Waals surface area contributed by atoms with Crippen molar-refractivity contribution in [3.05, 3.63) is 46.6 Å². The standard InChI is InChI=1S/C24H23NO5/c1-27-18-10-14(11-19(28-2)23(18)29-3)20-16-9-8-13-6-4-5-7-15(13)22(16)25-17-12-30-24(26)21(17)20/h8-11H,4-7,12H2,1-3H3. The Kier molecular flexibility index (Phi) is 4.50. The molecule has 0 bridgehead atoms. The Balaban J connectivity index is 1.87. The van der Waals surface area contributed by atoms with Gasteiger partial charge in [0, 0.05) is 10.9 Å². The largest absolute Gasteiger partial charge is 0.493 e. The number of aromatic nitrogens is 1. The first-order chi connectivity index (χ1) is 14.7. The minimum Gasteiger partial charge on any atom is -0.493 e. The summed E-state index contributed by atoms with van der Waals surface area (Å²) in [5.41, 5.74) is 6.43. The number of pyridine rings is 1. The number of esters is 1. The predicted octanol–water partition coefficient (Wildman–Crippen LogP) is 4.48. The molecule has 3 aromatic rings. The van der Waals surface area contributed by atoms with E-state index in [0.29, 0.717) is 28.5 Å². The van der Waals surface area contributed by atoms with Crippen molar-refractivity contribution >= 4 is 16.9 Å². The first kappa shape index (κ1) is 18.7. The maximum Gasteiger partial charge on any atom is 0.341 e. The van der Waals surface area contributed by atoms with Crippen LogP contribution in [0.15, 0.2) is 24.3 Å². The van der Waals surface area contributed by atoms with E-state index >= 15 is 0 Å². The average molecular weight is 405 g/mol. The van der Waals surface area contributed by atoms with Gasteiger partial charge in [0.15, 0.2) is 11.5 Å². The van der Waals surface area contributed by atoms with Gasteiger partial charge in [-0.1, -0.05) is 12.1 Å². The van der Waals surface area contributed by atoms with Gasteiger partial charge >= 0.3 is 5.97 Å². The second-order valence-electron chi connectivity index (χ2n) is 7.61. The number of methoxy groups -OCH3 is 3. The Morgan fingerprint density at radius 2 is 1.67 bits per heavy atom. The Hall–Kier alpha value is -3.28. The number of nitrogens with zero attached hydrogens (tertiary/aromatic N) is 1. The van der Waals surface area contributed by atoms with Crippen molar-refractivity contribution in [3.63, 3.8) is 0 Å². The van der Waals surface area contributed by atoms with Gasteiger partial charge in [0.1, 0.15) is 6.61 Å². The molecule has 0 fully saturated rings. The molecule has 0 atom stereocenters. The van der Waals surface area contributed by atoms with E-state index in [-0.39, 0.29) is 12.6 Å². The number of aryl methyl sites for hydroxylation is 2. The van der Waals surface area contributed by atoms with Crippen LogP contribution in [0.5, 0.6) is 17.2 Å². The molecule has 30 heavy (non-hydrogen) atoms. The number of ether oxygens (including phenoxy) is 4. The SMILES string of the molecule is COc1cc(-c2c3c(nc4c5c(ccc24)CCCC5)COC3=O)cc(OC)c1OC. The van der Waals surface area contributed by atoms with Gasteiger partial charge in [0.2, 0.25) is 5.75 Å². The minimum atomic E-state index is -0.346. The van der Waals surface area contributed by atoms with Gasteiger partial charge in [0.05, 0.1) is 38.1 Å². The number of fused-ring (bicyclic) bond motifs is 4. The molecule has 0 saturated heterocycles. The van der Waals surface area contributed by atoms with Crippen molar-refractivity contribution in [1.82, 2.24) is 4.98 Å². The van der Waals surface area contributed by atoms with Crippen molar-refractivity contribution in [2.45, 2.75) is 32.3 Å². The van der Waals surface area contributed by atoms with Crippen LogP contribution in [0.4, 0.5) is 0 Å². The molecule has 1 aliphatic heterocycles. The van der Waals surface area contributed by atoms with E-state index in [0.717, 1.165) is 41.3 Å². The number of cyclic esters (lactones) is 1. The highest BCUT2D eigenvalue weighted by atomic mass is 16.5. The Bertz CT molecular complexity index is 1160. The van der Waals surface area contributed by atoms with Crippen LogP contribution < -0.4 is 14.2 Å². The minimum absolute atomic E-state index is 0.200. The van der Waals surface area contributed by atoms with Crippen LogP contribution in [0, 0.1) is 0 Å². The summed E-state index contributed by atoms with van der Waals surface area (Å²) in [7, 11) is 4.74. The summed E-state index contributed by atoms with van der Waals surface area (Å²) in [5, 5.41) is 0.947. The Morgan fingerprint density at radius 1 is 0.933 bits per heavy atom. The topological polar surface area (TPSA) is 66.9 Å². The van der Waals surface area contributed by atoms with E-state index in [1.165, 1.54) is 17.5 Å². The smallest absolute Gasteiger partial charge is 0.341 e. The van der Waals surface area contributed by atoms with Crippen LogP contribution in [0.25, 0.3) is 22.0 Å². The molecular weight excluding hydrogens is 382 g/mol. The molecule has 0 radical (unpaired) electrons. The lowest BCUT2D eigenvalue weighted by Gasteiger charge is -2.20. The highest BCUT2D eigenvalue weighted by molar-refractivity contribution is 6.10. The highest BCUT2D eigenvalue weighted by Gasteiger charge is 2.31. The molecule has 5 rings (SSSR count). The molecule has 154 valence electrons. The van der Waals surface area contributed by atoms with Crippen LogP contribution in [-0.2, 0) is 24.2 Å². The molecule has 2 heterocycles. The van der Waals surface area contributed by atoms with Crippen LogP contribution in [0.3, 0.4) is 0 Å². The fourth-order valence-corrected chi connectivity index (χ4v) is 4.66. The number of benzene rings is 2. The molecule has 0 amide bonds. The van der Waals surface area contributed by atoms with E-state index in [2.05, 4.69) is 12.1 Å². The van der Waals surface area contributed by atoms with Crippen molar-refractivity contribution in [2.24, 2.45) is 0 Å². The summed E-state index contributed by atoms with van der Waals surface area (Å²) >= 11 is 0. The van der Waals surface area contributed by atoms with Gasteiger partial charge in [0.25, 0.3) is 0 Å². The van der Waals surface area contributed by atoms with E-state index in [1.807, 2.05) is 12.1 Å². The van der Waals surface area contributed by atoms with Crippen LogP contribution in [0.2, 0.25) is 0 Å². The third kappa shape index (κ3) is 2.70. The third-order valence-electron chi connectivity index (χ3n) is 6.05. The molecule has 0 N–H and O–H groups in total. The zero-order valence-corrected chi connectivity index (χ0v) is 17.3. The number of carbonyl (C=O) groups is 1. The summed E-state index contributed by atoms with van der Waals surface area (Å²) in [4.78, 5) is 17.6. The molecule has 0 spiro atoms. The summed E-state index contributed by atoms with van der Waals surface area (Å²) < 4.78 is 21.9. The predicted molar refractivity (Wildman–Crippen MR) is 113 cm³/mol. The van der Waals surface area contributed by atoms with Crippen molar-refractivity contribution in [1.29, 1.82) is 0 Å². The molecule has 6 nitrogen and oxygen atoms in total. The van der Waals surface area contributed by atoms with Crippen molar-refractivity contribution < 1.29 is 23.7 Å². The number of rotatable bonds is 4. The molecule has 1 aromatic heterocycles. The second-order valence-corrected chi connectivity index (χ2v) is 7.61. The Morgan fingerprint density at radius 3 is 2.37 bits per heavy atom. The van der Waals surface area contributed by atoms with Crippen LogP contribution in [0.1, 0.15) is 40.0 Å². The molecule has 0 saturated carbocycles. The number of hydrogen-bond acceptors (Lipinski definition) is 6. The summed E-state index contributed by atoms with van der Waals surface area (Å²) in [6.07, 6.45) is 4.42. The third-order valence-corrected chi connectivity index (χ3v) is 6.05. The van der Waals surface area contributed by atoms with Crippen LogP contribution in [-0.4, -0.2) is 32.3 Å². The maximum atomic E-state index is 12.7. The summed E-state index contributed by atoms with van der Waals surface area (Å²) in [6, 6.07) is 8.01. The Labute approximate surface area is 174 Å². The first-order valence-corrected chi connectivity index (χ1v) is 10.1. The fraction of sp³-hybridized carbons (Fsp3) is 0.333. The maximum absolute atomic E-state index is 12.7. The fourth-order valence-electron chi connectivity index (χ4n) is 4.66. The first-order valence-electron chi connectivity index (χ1n) is 10.1. The molecule has 1 aliphatic carbocycles. The lowest BCUT2D eigenvalue weighted by atomic mass is 9.86. The average Bonchev–Trinajstić information content (AvgIpc) is 3.16.